The number of piperidine rings is 1. The molecule has 2 unspecified atom stereocenters. The minimum absolute atomic E-state index is 0. The first kappa shape index (κ1) is 22.2. The van der Waals surface area contributed by atoms with E-state index in [1.165, 1.54) is 0 Å². The van der Waals surface area contributed by atoms with Gasteiger partial charge in [-0.05, 0) is 43.7 Å². The van der Waals surface area contributed by atoms with Crippen molar-refractivity contribution in [2.75, 3.05) is 26.2 Å². The molecule has 2 aromatic rings. The molecule has 1 aromatic carbocycles. The van der Waals surface area contributed by atoms with E-state index in [0.717, 1.165) is 44.3 Å². The number of halogens is 1. The first-order valence-electron chi connectivity index (χ1n) is 10.4. The number of rotatable bonds is 6. The van der Waals surface area contributed by atoms with Crippen LogP contribution < -0.4 is 10.6 Å². The average molecular weight is 433 g/mol. The minimum atomic E-state index is -0.0854. The average Bonchev–Trinajstić information content (AvgIpc) is 3.45. The number of aromatic nitrogens is 3. The Labute approximate surface area is 182 Å². The van der Waals surface area contributed by atoms with Crippen LogP contribution >= 0.6 is 12.4 Å². The van der Waals surface area contributed by atoms with Crippen molar-refractivity contribution in [2.24, 2.45) is 5.92 Å². The van der Waals surface area contributed by atoms with Crippen molar-refractivity contribution in [1.29, 1.82) is 0 Å². The molecule has 4 rings (SSSR count). The molecule has 0 spiro atoms. The molecule has 9 heteroatoms. The van der Waals surface area contributed by atoms with Gasteiger partial charge in [0, 0.05) is 19.6 Å². The summed E-state index contributed by atoms with van der Waals surface area (Å²) in [5.41, 5.74) is 1.49. The molecule has 2 aliphatic rings. The van der Waals surface area contributed by atoms with Gasteiger partial charge in [-0.1, -0.05) is 35.5 Å². The first-order valence-corrected chi connectivity index (χ1v) is 10.4. The summed E-state index contributed by atoms with van der Waals surface area (Å²) in [5.74, 6) is 0.269. The van der Waals surface area contributed by atoms with Gasteiger partial charge in [-0.15, -0.1) is 17.5 Å². The molecule has 0 aliphatic carbocycles. The summed E-state index contributed by atoms with van der Waals surface area (Å²) in [5, 5.41) is 14.5. The second kappa shape index (κ2) is 10.5. The molecule has 8 nitrogen and oxygen atoms in total. The molecule has 2 saturated heterocycles. The molecule has 1 aromatic heterocycles. The van der Waals surface area contributed by atoms with Crippen molar-refractivity contribution < 1.29 is 9.59 Å². The maximum absolute atomic E-state index is 12.9. The predicted octanol–water partition coefficient (Wildman–Crippen LogP) is 1.47. The lowest BCUT2D eigenvalue weighted by Crippen LogP contribution is -2.46. The number of nitrogens with zero attached hydrogens (tertiary/aromatic N) is 4. The lowest BCUT2D eigenvalue weighted by Gasteiger charge is -2.32. The summed E-state index contributed by atoms with van der Waals surface area (Å²) in [6.45, 7) is 3.48. The summed E-state index contributed by atoms with van der Waals surface area (Å²) in [7, 11) is 0. The smallest absolute Gasteiger partial charge is 0.276 e. The SMILES string of the molecule is Cl.O=C(NCC1CCCN(C(=O)c2cn(Cc3ccccc3)nn2)C1)C1CCCN1. The van der Waals surface area contributed by atoms with Gasteiger partial charge in [0.1, 0.15) is 0 Å². The molecular formula is C21H29ClN6O2. The van der Waals surface area contributed by atoms with Crippen LogP contribution in [0.25, 0.3) is 0 Å². The largest absolute Gasteiger partial charge is 0.354 e. The second-order valence-corrected chi connectivity index (χ2v) is 7.94. The highest BCUT2D eigenvalue weighted by atomic mass is 35.5. The van der Waals surface area contributed by atoms with Gasteiger partial charge in [0.25, 0.3) is 5.91 Å². The number of likely N-dealkylation sites (tertiary alicyclic amines) is 1. The summed E-state index contributed by atoms with van der Waals surface area (Å²) in [6.07, 6.45) is 5.62. The Morgan fingerprint density at radius 2 is 2.00 bits per heavy atom. The Hall–Kier alpha value is -2.45. The number of carbonyl (C=O) groups is 2. The van der Waals surface area contributed by atoms with Crippen LogP contribution in [0.5, 0.6) is 0 Å². The van der Waals surface area contributed by atoms with Crippen molar-refractivity contribution in [3.05, 3.63) is 47.8 Å². The molecule has 0 radical (unpaired) electrons. The molecule has 2 fully saturated rings. The van der Waals surface area contributed by atoms with Crippen LogP contribution in [0.4, 0.5) is 0 Å². The number of amides is 2. The van der Waals surface area contributed by atoms with Crippen LogP contribution in [0.1, 0.15) is 41.7 Å². The van der Waals surface area contributed by atoms with E-state index < -0.39 is 0 Å². The normalized spacial score (nSPS) is 21.1. The molecule has 0 bridgehead atoms. The molecule has 2 amide bonds. The van der Waals surface area contributed by atoms with Gasteiger partial charge in [-0.2, -0.15) is 0 Å². The van der Waals surface area contributed by atoms with Crippen molar-refractivity contribution >= 4 is 24.2 Å². The van der Waals surface area contributed by atoms with Crippen LogP contribution in [-0.2, 0) is 11.3 Å². The highest BCUT2D eigenvalue weighted by Crippen LogP contribution is 2.18. The minimum Gasteiger partial charge on any atom is -0.354 e. The molecule has 2 aliphatic heterocycles. The number of nitrogens with one attached hydrogen (secondary N) is 2. The van der Waals surface area contributed by atoms with Crippen molar-refractivity contribution in [1.82, 2.24) is 30.5 Å². The van der Waals surface area contributed by atoms with Gasteiger partial charge in [0.05, 0.1) is 18.8 Å². The lowest BCUT2D eigenvalue weighted by atomic mass is 9.97. The fourth-order valence-electron chi connectivity index (χ4n) is 4.10. The molecule has 30 heavy (non-hydrogen) atoms. The first-order chi connectivity index (χ1) is 14.2. The van der Waals surface area contributed by atoms with Crippen molar-refractivity contribution in [2.45, 2.75) is 38.3 Å². The van der Waals surface area contributed by atoms with E-state index in [-0.39, 0.29) is 36.2 Å². The van der Waals surface area contributed by atoms with E-state index >= 15 is 0 Å². The number of carbonyl (C=O) groups excluding carboxylic acids is 2. The molecule has 2 atom stereocenters. The monoisotopic (exact) mass is 432 g/mol. The lowest BCUT2D eigenvalue weighted by molar-refractivity contribution is -0.123. The van der Waals surface area contributed by atoms with Gasteiger partial charge in [-0.3, -0.25) is 9.59 Å². The zero-order chi connectivity index (χ0) is 20.1. The highest BCUT2D eigenvalue weighted by molar-refractivity contribution is 5.92. The van der Waals surface area contributed by atoms with Gasteiger partial charge < -0.3 is 15.5 Å². The maximum Gasteiger partial charge on any atom is 0.276 e. The molecule has 2 N–H and O–H groups in total. The molecule has 0 saturated carbocycles. The van der Waals surface area contributed by atoms with Gasteiger partial charge >= 0.3 is 0 Å². The Bertz CT molecular complexity index is 837. The van der Waals surface area contributed by atoms with Gasteiger partial charge in [-0.25, -0.2) is 4.68 Å². The zero-order valence-electron chi connectivity index (χ0n) is 17.0. The summed E-state index contributed by atoms with van der Waals surface area (Å²) < 4.78 is 1.69. The third-order valence-corrected chi connectivity index (χ3v) is 5.69. The summed E-state index contributed by atoms with van der Waals surface area (Å²) in [4.78, 5) is 26.9. The topological polar surface area (TPSA) is 92.2 Å². The van der Waals surface area contributed by atoms with Gasteiger partial charge in [0.15, 0.2) is 5.69 Å². The standard InChI is InChI=1S/C21H28N6O2.ClH/c28-20(18-9-4-10-22-18)23-12-17-8-5-11-26(13-17)21(29)19-15-27(25-24-19)14-16-6-2-1-3-7-16;/h1-3,6-7,15,17-18,22H,4-5,8-14H2,(H,23,28);1H. The quantitative estimate of drug-likeness (QED) is 0.721. The summed E-state index contributed by atoms with van der Waals surface area (Å²) in [6, 6.07) is 9.92. The molecular weight excluding hydrogens is 404 g/mol. The van der Waals surface area contributed by atoms with Crippen LogP contribution in [0.2, 0.25) is 0 Å². The fourth-order valence-corrected chi connectivity index (χ4v) is 4.10. The fraction of sp³-hybridized carbons (Fsp3) is 0.524. The van der Waals surface area contributed by atoms with E-state index in [2.05, 4.69) is 20.9 Å². The van der Waals surface area contributed by atoms with Crippen molar-refractivity contribution in [3.8, 4) is 0 Å². The summed E-state index contributed by atoms with van der Waals surface area (Å²) >= 11 is 0. The van der Waals surface area contributed by atoms with E-state index in [4.69, 9.17) is 0 Å². The van der Waals surface area contributed by atoms with E-state index in [9.17, 15) is 9.59 Å². The number of benzene rings is 1. The van der Waals surface area contributed by atoms with E-state index in [1.807, 2.05) is 35.2 Å². The number of hydrogen-bond donors (Lipinski definition) is 2. The third kappa shape index (κ3) is 5.58. The number of hydrogen-bond acceptors (Lipinski definition) is 5. The third-order valence-electron chi connectivity index (χ3n) is 5.69. The Balaban J connectivity index is 0.00000256. The van der Waals surface area contributed by atoms with Gasteiger partial charge in [0.2, 0.25) is 5.91 Å². The maximum atomic E-state index is 12.9. The van der Waals surface area contributed by atoms with Crippen LogP contribution in [0.3, 0.4) is 0 Å². The molecule has 3 heterocycles. The van der Waals surface area contributed by atoms with Crippen LogP contribution in [-0.4, -0.2) is 63.9 Å². The zero-order valence-corrected chi connectivity index (χ0v) is 17.8. The molecule has 162 valence electrons. The van der Waals surface area contributed by atoms with E-state index in [0.29, 0.717) is 25.3 Å². The predicted molar refractivity (Wildman–Crippen MR) is 115 cm³/mol. The highest BCUT2D eigenvalue weighted by Gasteiger charge is 2.28. The Morgan fingerprint density at radius 1 is 1.17 bits per heavy atom. The van der Waals surface area contributed by atoms with Crippen molar-refractivity contribution in [3.63, 3.8) is 0 Å². The second-order valence-electron chi connectivity index (χ2n) is 7.94. The van der Waals surface area contributed by atoms with Crippen LogP contribution in [0.15, 0.2) is 36.5 Å². The Kier molecular flexibility index (Phi) is 7.81. The van der Waals surface area contributed by atoms with E-state index in [1.54, 1.807) is 10.9 Å². The Morgan fingerprint density at radius 3 is 2.77 bits per heavy atom. The van der Waals surface area contributed by atoms with Crippen LogP contribution in [0, 0.1) is 5.92 Å².